The molecule has 0 aromatic heterocycles. The van der Waals surface area contributed by atoms with Crippen LogP contribution in [0.25, 0.3) is 0 Å². The molecule has 0 fully saturated rings. The summed E-state index contributed by atoms with van der Waals surface area (Å²) < 4.78 is 32.0. The van der Waals surface area contributed by atoms with E-state index < -0.39 is 32.7 Å². The molecule has 1 unspecified atom stereocenters. The number of nitro groups is 1. The summed E-state index contributed by atoms with van der Waals surface area (Å²) in [5.74, 6) is -0.564. The largest absolute Gasteiger partial charge is 0.468 e. The second-order valence-electron chi connectivity index (χ2n) is 5.84. The van der Waals surface area contributed by atoms with Crippen LogP contribution in [-0.4, -0.2) is 38.2 Å². The van der Waals surface area contributed by atoms with Gasteiger partial charge >= 0.3 is 5.97 Å². The Morgan fingerprint density at radius 2 is 1.82 bits per heavy atom. The molecule has 0 amide bonds. The summed E-state index contributed by atoms with van der Waals surface area (Å²) in [6.07, 6.45) is 0. The summed E-state index contributed by atoms with van der Waals surface area (Å²) in [7, 11) is -2.83. The lowest BCUT2D eigenvalue weighted by atomic mass is 10.2. The number of sulfonamides is 1. The van der Waals surface area contributed by atoms with Crippen molar-refractivity contribution in [2.45, 2.75) is 17.5 Å². The second kappa shape index (κ2) is 10.2. The normalized spacial score (nSPS) is 12.3. The minimum atomic E-state index is -4.01. The molecule has 2 rings (SSSR count). The first-order valence-electron chi connectivity index (χ1n) is 8.24. The van der Waals surface area contributed by atoms with E-state index in [-0.39, 0.29) is 17.0 Å². The van der Waals surface area contributed by atoms with Crippen LogP contribution in [0, 0.1) is 10.1 Å². The molecule has 1 atom stereocenters. The van der Waals surface area contributed by atoms with E-state index in [0.717, 1.165) is 5.56 Å². The molecule has 0 saturated carbocycles. The Balaban J connectivity index is 2.06. The smallest absolute Gasteiger partial charge is 0.324 e. The summed E-state index contributed by atoms with van der Waals surface area (Å²) in [6.45, 7) is 0. The van der Waals surface area contributed by atoms with E-state index in [9.17, 15) is 23.3 Å². The number of carbonyl (C=O) groups is 1. The average Bonchev–Trinajstić information content (AvgIpc) is 2.67. The van der Waals surface area contributed by atoms with Crippen LogP contribution in [0.1, 0.15) is 11.1 Å². The molecule has 2 aromatic carbocycles. The molecule has 0 radical (unpaired) electrons. The Kier molecular flexibility index (Phi) is 7.97. The maximum absolute atomic E-state index is 12.5. The number of thioether (sulfide) groups is 1. The number of benzene rings is 2. The van der Waals surface area contributed by atoms with Crippen LogP contribution in [0.5, 0.6) is 0 Å². The molecule has 0 aliphatic rings. The molecule has 1 N–H and O–H groups in total. The van der Waals surface area contributed by atoms with Gasteiger partial charge in [-0.3, -0.25) is 14.9 Å². The number of para-hydroxylation sites is 1. The molecule has 0 saturated heterocycles. The minimum absolute atomic E-state index is 0.0422. The van der Waals surface area contributed by atoms with Crippen molar-refractivity contribution in [1.82, 2.24) is 4.72 Å². The van der Waals surface area contributed by atoms with Crippen molar-refractivity contribution in [2.24, 2.45) is 0 Å². The van der Waals surface area contributed by atoms with Gasteiger partial charge in [0.15, 0.2) is 0 Å². The molecular weight excluding hydrogens is 404 g/mol. The number of nitrogens with one attached hydrogen (secondary N) is 1. The zero-order chi connectivity index (χ0) is 20.6. The summed E-state index contributed by atoms with van der Waals surface area (Å²) >= 11 is 1.38. The predicted molar refractivity (Wildman–Crippen MR) is 107 cm³/mol. The maximum Gasteiger partial charge on any atom is 0.324 e. The highest BCUT2D eigenvalue weighted by atomic mass is 32.2. The SMILES string of the molecule is COC(=O)C(CSCc1ccccc1)NS(=O)(=O)Cc1ccccc1[N+](=O)[O-]. The molecule has 0 spiro atoms. The Morgan fingerprint density at radius 3 is 2.46 bits per heavy atom. The highest BCUT2D eigenvalue weighted by Crippen LogP contribution is 2.20. The second-order valence-corrected chi connectivity index (χ2v) is 8.62. The minimum Gasteiger partial charge on any atom is -0.468 e. The number of nitro benzene ring substituents is 1. The molecule has 150 valence electrons. The molecule has 0 bridgehead atoms. The van der Waals surface area contributed by atoms with Gasteiger partial charge in [0.05, 0.1) is 17.8 Å². The van der Waals surface area contributed by atoms with E-state index in [0.29, 0.717) is 5.75 Å². The molecule has 10 heteroatoms. The third-order valence-electron chi connectivity index (χ3n) is 3.74. The monoisotopic (exact) mass is 424 g/mol. The zero-order valence-electron chi connectivity index (χ0n) is 15.1. The Hall–Kier alpha value is -2.43. The summed E-state index contributed by atoms with van der Waals surface area (Å²) in [5, 5.41) is 11.1. The van der Waals surface area contributed by atoms with Gasteiger partial charge in [0.2, 0.25) is 10.0 Å². The van der Waals surface area contributed by atoms with Crippen LogP contribution in [0.3, 0.4) is 0 Å². The molecule has 0 aliphatic carbocycles. The number of hydrogen-bond donors (Lipinski definition) is 1. The standard InChI is InChI=1S/C18H20N2O6S2/c1-26-18(21)16(12-27-11-14-7-3-2-4-8-14)19-28(24,25)13-15-9-5-6-10-17(15)20(22)23/h2-10,16,19H,11-13H2,1H3. The van der Waals surface area contributed by atoms with E-state index in [4.69, 9.17) is 0 Å². The van der Waals surface area contributed by atoms with Crippen LogP contribution in [0.15, 0.2) is 54.6 Å². The lowest BCUT2D eigenvalue weighted by Crippen LogP contribution is -2.43. The Labute approximate surface area is 167 Å². The van der Waals surface area contributed by atoms with Crippen LogP contribution in [-0.2, 0) is 31.1 Å². The number of hydrogen-bond acceptors (Lipinski definition) is 7. The lowest BCUT2D eigenvalue weighted by molar-refractivity contribution is -0.385. The van der Waals surface area contributed by atoms with Gasteiger partial charge in [0, 0.05) is 23.1 Å². The first-order valence-corrected chi connectivity index (χ1v) is 11.0. The summed E-state index contributed by atoms with van der Waals surface area (Å²) in [4.78, 5) is 22.4. The number of nitrogens with zero attached hydrogens (tertiary/aromatic N) is 1. The first-order chi connectivity index (χ1) is 13.3. The van der Waals surface area contributed by atoms with Gasteiger partial charge in [-0.25, -0.2) is 8.42 Å². The van der Waals surface area contributed by atoms with Crippen LogP contribution < -0.4 is 4.72 Å². The van der Waals surface area contributed by atoms with E-state index >= 15 is 0 Å². The van der Waals surface area contributed by atoms with Crippen molar-refractivity contribution >= 4 is 33.4 Å². The molecular formula is C18H20N2O6S2. The van der Waals surface area contributed by atoms with Crippen molar-refractivity contribution < 1.29 is 22.9 Å². The quantitative estimate of drug-likeness (QED) is 0.354. The number of carbonyl (C=O) groups excluding carboxylic acids is 1. The number of ether oxygens (including phenoxy) is 1. The van der Waals surface area contributed by atoms with Crippen molar-refractivity contribution in [3.8, 4) is 0 Å². The fourth-order valence-electron chi connectivity index (χ4n) is 2.44. The van der Waals surface area contributed by atoms with Gasteiger partial charge in [-0.2, -0.15) is 16.5 Å². The predicted octanol–water partition coefficient (Wildman–Crippen LogP) is 2.49. The van der Waals surface area contributed by atoms with Gasteiger partial charge in [-0.05, 0) is 5.56 Å². The van der Waals surface area contributed by atoms with Crippen molar-refractivity contribution in [3.63, 3.8) is 0 Å². The van der Waals surface area contributed by atoms with E-state index in [2.05, 4.69) is 9.46 Å². The molecule has 2 aromatic rings. The van der Waals surface area contributed by atoms with Gasteiger partial charge in [-0.1, -0.05) is 48.5 Å². The van der Waals surface area contributed by atoms with Gasteiger partial charge < -0.3 is 4.74 Å². The lowest BCUT2D eigenvalue weighted by Gasteiger charge is -2.16. The molecule has 0 aliphatic heterocycles. The number of esters is 1. The van der Waals surface area contributed by atoms with E-state index in [1.807, 2.05) is 30.3 Å². The zero-order valence-corrected chi connectivity index (χ0v) is 16.7. The highest BCUT2D eigenvalue weighted by molar-refractivity contribution is 7.98. The fourth-order valence-corrected chi connectivity index (χ4v) is 4.89. The van der Waals surface area contributed by atoms with Crippen LogP contribution in [0.4, 0.5) is 5.69 Å². The Bertz CT molecular complexity index is 919. The van der Waals surface area contributed by atoms with E-state index in [1.54, 1.807) is 0 Å². The van der Waals surface area contributed by atoms with Gasteiger partial charge in [-0.15, -0.1) is 0 Å². The molecule has 8 nitrogen and oxygen atoms in total. The summed E-state index contributed by atoms with van der Waals surface area (Å²) in [6, 6.07) is 14.0. The Morgan fingerprint density at radius 1 is 1.18 bits per heavy atom. The van der Waals surface area contributed by atoms with Crippen molar-refractivity contribution in [1.29, 1.82) is 0 Å². The average molecular weight is 425 g/mol. The van der Waals surface area contributed by atoms with E-state index in [1.165, 1.54) is 43.1 Å². The molecule has 0 heterocycles. The number of rotatable bonds is 10. The molecule has 28 heavy (non-hydrogen) atoms. The van der Waals surface area contributed by atoms with Crippen molar-refractivity contribution in [3.05, 3.63) is 75.8 Å². The van der Waals surface area contributed by atoms with Gasteiger partial charge in [0.1, 0.15) is 6.04 Å². The first kappa shape index (κ1) is 21.9. The van der Waals surface area contributed by atoms with Crippen LogP contribution >= 0.6 is 11.8 Å². The van der Waals surface area contributed by atoms with Crippen LogP contribution in [0.2, 0.25) is 0 Å². The maximum atomic E-state index is 12.5. The third-order valence-corrected chi connectivity index (χ3v) is 6.18. The number of methoxy groups -OCH3 is 1. The highest BCUT2D eigenvalue weighted by Gasteiger charge is 2.27. The third kappa shape index (κ3) is 6.63. The fraction of sp³-hybridized carbons (Fsp3) is 0.278. The van der Waals surface area contributed by atoms with Crippen molar-refractivity contribution in [2.75, 3.05) is 12.9 Å². The summed E-state index contributed by atoms with van der Waals surface area (Å²) in [5.41, 5.74) is 0.792. The topological polar surface area (TPSA) is 116 Å². The van der Waals surface area contributed by atoms with Gasteiger partial charge in [0.25, 0.3) is 5.69 Å².